The van der Waals surface area contributed by atoms with E-state index in [0.717, 1.165) is 5.56 Å². The van der Waals surface area contributed by atoms with Crippen LogP contribution in [0.25, 0.3) is 0 Å². The molecule has 2 rings (SSSR count). The van der Waals surface area contributed by atoms with Crippen LogP contribution in [0.5, 0.6) is 0 Å². The molecule has 1 aromatic heterocycles. The molecule has 0 radical (unpaired) electrons. The van der Waals surface area contributed by atoms with Gasteiger partial charge in [0.2, 0.25) is 5.91 Å². The number of nitrogens with one attached hydrogen (secondary N) is 1. The van der Waals surface area contributed by atoms with E-state index >= 15 is 0 Å². The summed E-state index contributed by atoms with van der Waals surface area (Å²) in [5, 5.41) is 4.88. The lowest BCUT2D eigenvalue weighted by atomic mass is 9.98. The summed E-state index contributed by atoms with van der Waals surface area (Å²) in [7, 11) is 0. The highest BCUT2D eigenvalue weighted by molar-refractivity contribution is 7.14. The minimum atomic E-state index is -0.564. The molecule has 0 fully saturated rings. The van der Waals surface area contributed by atoms with Gasteiger partial charge in [0.25, 0.3) is 5.91 Å². The monoisotopic (exact) mass is 289 g/mol. The van der Waals surface area contributed by atoms with Crippen molar-refractivity contribution in [2.75, 3.05) is 11.9 Å². The van der Waals surface area contributed by atoms with E-state index in [1.54, 1.807) is 11.4 Å². The van der Waals surface area contributed by atoms with Crippen molar-refractivity contribution < 1.29 is 9.59 Å². The fourth-order valence-electron chi connectivity index (χ4n) is 1.88. The summed E-state index contributed by atoms with van der Waals surface area (Å²) >= 11 is 1.26. The summed E-state index contributed by atoms with van der Waals surface area (Å²) in [6.45, 7) is 0.188. The predicted octanol–water partition coefficient (Wildman–Crippen LogP) is 1.53. The topological polar surface area (TPSA) is 98.2 Å². The number of rotatable bonds is 5. The first-order chi connectivity index (χ1) is 9.63. The molecule has 0 bridgehead atoms. The molecule has 20 heavy (non-hydrogen) atoms. The Bertz CT molecular complexity index is 610. The number of thiophene rings is 1. The Morgan fingerprint density at radius 3 is 2.50 bits per heavy atom. The number of primary amides is 1. The quantitative estimate of drug-likeness (QED) is 0.778. The molecular formula is C14H15N3O2S. The molecule has 2 amide bonds. The van der Waals surface area contributed by atoms with Crippen LogP contribution in [-0.2, 0) is 4.79 Å². The standard InChI is InChI=1S/C14H15N3O2S/c15-8-11(9-4-2-1-3-5-9)13(19)17-14-10(12(16)18)6-7-20-14/h1-7,11H,8,15H2,(H2,16,18)(H,17,19). The van der Waals surface area contributed by atoms with Gasteiger partial charge >= 0.3 is 0 Å². The number of nitrogens with two attached hydrogens (primary N) is 2. The predicted molar refractivity (Wildman–Crippen MR) is 79.7 cm³/mol. The van der Waals surface area contributed by atoms with Gasteiger partial charge in [-0.25, -0.2) is 0 Å². The maximum absolute atomic E-state index is 12.3. The maximum atomic E-state index is 12.3. The van der Waals surface area contributed by atoms with Gasteiger partial charge in [-0.15, -0.1) is 11.3 Å². The summed E-state index contributed by atoms with van der Waals surface area (Å²) in [5.41, 5.74) is 12.1. The van der Waals surface area contributed by atoms with Crippen LogP contribution in [0.3, 0.4) is 0 Å². The Balaban J connectivity index is 2.18. The Kier molecular flexibility index (Phi) is 4.49. The van der Waals surface area contributed by atoms with Gasteiger partial charge in [-0.1, -0.05) is 30.3 Å². The van der Waals surface area contributed by atoms with Crippen molar-refractivity contribution >= 4 is 28.2 Å². The smallest absolute Gasteiger partial charge is 0.251 e. The molecular weight excluding hydrogens is 274 g/mol. The molecule has 0 saturated carbocycles. The molecule has 104 valence electrons. The lowest BCUT2D eigenvalue weighted by Crippen LogP contribution is -2.28. The first kappa shape index (κ1) is 14.2. The van der Waals surface area contributed by atoms with Crippen molar-refractivity contribution in [2.45, 2.75) is 5.92 Å². The zero-order chi connectivity index (χ0) is 14.5. The Labute approximate surface area is 120 Å². The number of amides is 2. The fraction of sp³-hybridized carbons (Fsp3) is 0.143. The first-order valence-corrected chi connectivity index (χ1v) is 6.94. The Hall–Kier alpha value is -2.18. The van der Waals surface area contributed by atoms with Crippen LogP contribution in [-0.4, -0.2) is 18.4 Å². The summed E-state index contributed by atoms with van der Waals surface area (Å²) in [6, 6.07) is 10.9. The molecule has 0 aliphatic heterocycles. The molecule has 1 unspecified atom stereocenters. The lowest BCUT2D eigenvalue weighted by Gasteiger charge is -2.15. The lowest BCUT2D eigenvalue weighted by molar-refractivity contribution is -0.117. The van der Waals surface area contributed by atoms with Crippen molar-refractivity contribution in [1.82, 2.24) is 0 Å². The molecule has 0 aliphatic carbocycles. The highest BCUT2D eigenvalue weighted by Gasteiger charge is 2.21. The minimum absolute atomic E-state index is 0.188. The number of anilines is 1. The largest absolute Gasteiger partial charge is 0.366 e. The van der Waals surface area contributed by atoms with E-state index in [4.69, 9.17) is 11.5 Å². The van der Waals surface area contributed by atoms with E-state index in [1.807, 2.05) is 30.3 Å². The molecule has 0 saturated heterocycles. The van der Waals surface area contributed by atoms with Crippen LogP contribution in [0.15, 0.2) is 41.8 Å². The van der Waals surface area contributed by atoms with Crippen LogP contribution in [0.1, 0.15) is 21.8 Å². The summed E-state index contributed by atoms with van der Waals surface area (Å²) in [6.07, 6.45) is 0. The van der Waals surface area contributed by atoms with Crippen molar-refractivity contribution in [3.05, 3.63) is 52.9 Å². The molecule has 5 N–H and O–H groups in total. The number of carbonyl (C=O) groups is 2. The van der Waals surface area contributed by atoms with Crippen LogP contribution in [0, 0.1) is 0 Å². The number of hydrogen-bond acceptors (Lipinski definition) is 4. The van der Waals surface area contributed by atoms with Crippen molar-refractivity contribution in [3.63, 3.8) is 0 Å². The summed E-state index contributed by atoms with van der Waals surface area (Å²) < 4.78 is 0. The highest BCUT2D eigenvalue weighted by Crippen LogP contribution is 2.25. The SMILES string of the molecule is NCC(C(=O)Nc1sccc1C(N)=O)c1ccccc1. The van der Waals surface area contributed by atoms with Crippen LogP contribution < -0.4 is 16.8 Å². The van der Waals surface area contributed by atoms with E-state index < -0.39 is 11.8 Å². The molecule has 1 atom stereocenters. The van der Waals surface area contributed by atoms with Gasteiger partial charge in [0.1, 0.15) is 5.00 Å². The second-order valence-corrected chi connectivity index (χ2v) is 5.13. The van der Waals surface area contributed by atoms with Crippen molar-refractivity contribution in [1.29, 1.82) is 0 Å². The maximum Gasteiger partial charge on any atom is 0.251 e. The molecule has 1 heterocycles. The Morgan fingerprint density at radius 2 is 1.90 bits per heavy atom. The second-order valence-electron chi connectivity index (χ2n) is 4.22. The molecule has 6 heteroatoms. The van der Waals surface area contributed by atoms with Gasteiger partial charge in [-0.2, -0.15) is 0 Å². The molecule has 1 aromatic carbocycles. The van der Waals surface area contributed by atoms with Gasteiger partial charge in [-0.05, 0) is 17.0 Å². The van der Waals surface area contributed by atoms with Gasteiger partial charge in [0.05, 0.1) is 11.5 Å². The van der Waals surface area contributed by atoms with E-state index in [2.05, 4.69) is 5.32 Å². The van der Waals surface area contributed by atoms with Crippen LogP contribution in [0.4, 0.5) is 5.00 Å². The third-order valence-electron chi connectivity index (χ3n) is 2.92. The summed E-state index contributed by atoms with van der Waals surface area (Å²) in [5.74, 6) is -1.27. The van der Waals surface area contributed by atoms with Gasteiger partial charge in [0, 0.05) is 6.54 Å². The van der Waals surface area contributed by atoms with E-state index in [1.165, 1.54) is 11.3 Å². The normalized spacial score (nSPS) is 11.8. The first-order valence-electron chi connectivity index (χ1n) is 6.06. The zero-order valence-corrected chi connectivity index (χ0v) is 11.5. The third kappa shape index (κ3) is 3.04. The fourth-order valence-corrected chi connectivity index (χ4v) is 2.67. The molecule has 0 aliphatic rings. The van der Waals surface area contributed by atoms with Crippen LogP contribution in [0.2, 0.25) is 0 Å². The van der Waals surface area contributed by atoms with Crippen LogP contribution >= 0.6 is 11.3 Å². The van der Waals surface area contributed by atoms with Crippen molar-refractivity contribution in [3.8, 4) is 0 Å². The number of hydrogen-bond donors (Lipinski definition) is 3. The van der Waals surface area contributed by atoms with Gasteiger partial charge in [-0.3, -0.25) is 9.59 Å². The summed E-state index contributed by atoms with van der Waals surface area (Å²) in [4.78, 5) is 23.5. The van der Waals surface area contributed by atoms with E-state index in [0.29, 0.717) is 10.6 Å². The third-order valence-corrected chi connectivity index (χ3v) is 3.75. The number of carbonyl (C=O) groups excluding carboxylic acids is 2. The molecule has 5 nitrogen and oxygen atoms in total. The zero-order valence-electron chi connectivity index (χ0n) is 10.7. The van der Waals surface area contributed by atoms with Crippen molar-refractivity contribution in [2.24, 2.45) is 11.5 Å². The van der Waals surface area contributed by atoms with Gasteiger partial charge in [0.15, 0.2) is 0 Å². The molecule has 0 spiro atoms. The number of benzene rings is 1. The Morgan fingerprint density at radius 1 is 1.20 bits per heavy atom. The van der Waals surface area contributed by atoms with E-state index in [-0.39, 0.29) is 12.5 Å². The molecule has 2 aromatic rings. The second kappa shape index (κ2) is 6.31. The van der Waals surface area contributed by atoms with E-state index in [9.17, 15) is 9.59 Å². The van der Waals surface area contributed by atoms with Gasteiger partial charge < -0.3 is 16.8 Å². The minimum Gasteiger partial charge on any atom is -0.366 e. The average molecular weight is 289 g/mol. The highest BCUT2D eigenvalue weighted by atomic mass is 32.1. The average Bonchev–Trinajstić information content (AvgIpc) is 2.89.